The van der Waals surface area contributed by atoms with Gasteiger partial charge in [0.05, 0.1) is 25.7 Å². The van der Waals surface area contributed by atoms with Gasteiger partial charge in [-0.25, -0.2) is 0 Å². The highest BCUT2D eigenvalue weighted by molar-refractivity contribution is 6.05. The summed E-state index contributed by atoms with van der Waals surface area (Å²) in [7, 11) is 0. The number of piperidine rings is 1. The molecule has 0 bridgehead atoms. The van der Waals surface area contributed by atoms with E-state index in [1.54, 1.807) is 0 Å². The van der Waals surface area contributed by atoms with E-state index in [0.29, 0.717) is 39.1 Å². The minimum absolute atomic E-state index is 0.0514. The molecule has 0 aromatic heterocycles. The fraction of sp³-hybridized carbons (Fsp3) is 0.375. The van der Waals surface area contributed by atoms with Crippen LogP contribution in [0.25, 0.3) is 0 Å². The summed E-state index contributed by atoms with van der Waals surface area (Å²) < 4.78 is 0. The predicted molar refractivity (Wildman–Crippen MR) is 116 cm³/mol. The number of amides is 3. The maximum absolute atomic E-state index is 13.1. The maximum atomic E-state index is 13.1. The first-order valence-corrected chi connectivity index (χ1v) is 10.8. The molecule has 7 heteroatoms. The summed E-state index contributed by atoms with van der Waals surface area (Å²) in [6.45, 7) is 2.03. The minimum atomic E-state index is -0.590. The number of hydrogen-bond donors (Lipinski definition) is 1. The van der Waals surface area contributed by atoms with Crippen molar-refractivity contribution in [2.75, 3.05) is 24.7 Å². The predicted octanol–water partition coefficient (Wildman–Crippen LogP) is 1.74. The zero-order valence-corrected chi connectivity index (χ0v) is 17.4. The van der Waals surface area contributed by atoms with E-state index in [-0.39, 0.29) is 24.1 Å². The summed E-state index contributed by atoms with van der Waals surface area (Å²) in [6.07, 6.45) is 1.47. The van der Waals surface area contributed by atoms with Crippen LogP contribution in [0, 0.1) is 0 Å². The molecule has 3 fully saturated rings. The Morgan fingerprint density at radius 3 is 2.23 bits per heavy atom. The smallest absolute Gasteiger partial charge is 0.247 e. The van der Waals surface area contributed by atoms with Gasteiger partial charge in [0.2, 0.25) is 17.7 Å². The molecular formula is C24H26N4O3. The summed E-state index contributed by atoms with van der Waals surface area (Å²) in [5.74, 6) is -0.195. The van der Waals surface area contributed by atoms with Gasteiger partial charge in [0.1, 0.15) is 5.54 Å². The largest absolute Gasteiger partial charge is 0.339 e. The molecule has 3 aliphatic rings. The summed E-state index contributed by atoms with van der Waals surface area (Å²) in [5.41, 5.74) is 1.38. The average molecular weight is 418 g/mol. The van der Waals surface area contributed by atoms with Gasteiger partial charge in [-0.2, -0.15) is 0 Å². The van der Waals surface area contributed by atoms with Crippen molar-refractivity contribution in [2.45, 2.75) is 37.4 Å². The van der Waals surface area contributed by atoms with Crippen molar-refractivity contribution >= 4 is 23.4 Å². The number of para-hydroxylation sites is 1. The van der Waals surface area contributed by atoms with E-state index in [2.05, 4.69) is 15.1 Å². The second-order valence-corrected chi connectivity index (χ2v) is 8.52. The standard InChI is InChI=1S/C24H26N4O3/c29-21-15-20(22(30)27(21)16-18-7-3-1-4-8-18)26-13-11-24(12-14-26)23(31)25-17-28(24)19-9-5-2-6-10-19/h1-10,20H,11-17H2,(H,25,31). The van der Waals surface area contributed by atoms with E-state index in [9.17, 15) is 14.4 Å². The van der Waals surface area contributed by atoms with Gasteiger partial charge in [-0.3, -0.25) is 24.2 Å². The van der Waals surface area contributed by atoms with Crippen LogP contribution in [0.15, 0.2) is 60.7 Å². The quantitative estimate of drug-likeness (QED) is 0.766. The molecule has 0 radical (unpaired) electrons. The Hall–Kier alpha value is -3.19. The van der Waals surface area contributed by atoms with Crippen molar-refractivity contribution in [3.8, 4) is 0 Å². The van der Waals surface area contributed by atoms with E-state index >= 15 is 0 Å². The second-order valence-electron chi connectivity index (χ2n) is 8.52. The first-order chi connectivity index (χ1) is 15.1. The first kappa shape index (κ1) is 19.8. The van der Waals surface area contributed by atoms with Gasteiger partial charge < -0.3 is 10.2 Å². The lowest BCUT2D eigenvalue weighted by Crippen LogP contribution is -2.58. The Bertz CT molecular complexity index is 986. The van der Waals surface area contributed by atoms with Crippen LogP contribution in [0.5, 0.6) is 0 Å². The Labute approximate surface area is 181 Å². The van der Waals surface area contributed by atoms with E-state index in [1.807, 2.05) is 60.7 Å². The number of nitrogens with zero attached hydrogens (tertiary/aromatic N) is 3. The van der Waals surface area contributed by atoms with E-state index in [4.69, 9.17) is 0 Å². The van der Waals surface area contributed by atoms with Gasteiger partial charge >= 0.3 is 0 Å². The molecule has 3 aliphatic heterocycles. The molecule has 5 rings (SSSR count). The van der Waals surface area contributed by atoms with Crippen molar-refractivity contribution in [3.63, 3.8) is 0 Å². The molecule has 160 valence electrons. The van der Waals surface area contributed by atoms with Crippen molar-refractivity contribution in [2.24, 2.45) is 0 Å². The molecule has 1 spiro atoms. The Morgan fingerprint density at radius 2 is 1.55 bits per heavy atom. The third kappa shape index (κ3) is 3.39. The van der Waals surface area contributed by atoms with E-state index < -0.39 is 11.6 Å². The van der Waals surface area contributed by atoms with Crippen LogP contribution in [0.3, 0.4) is 0 Å². The molecule has 3 saturated heterocycles. The zero-order chi connectivity index (χ0) is 21.4. The summed E-state index contributed by atoms with van der Waals surface area (Å²) in [4.78, 5) is 44.1. The first-order valence-electron chi connectivity index (χ1n) is 10.8. The van der Waals surface area contributed by atoms with Gasteiger partial charge in [-0.05, 0) is 30.5 Å². The van der Waals surface area contributed by atoms with Gasteiger partial charge in [0.15, 0.2) is 0 Å². The van der Waals surface area contributed by atoms with E-state index in [1.165, 1.54) is 4.90 Å². The average Bonchev–Trinajstić information content (AvgIpc) is 3.27. The van der Waals surface area contributed by atoms with Crippen molar-refractivity contribution in [3.05, 3.63) is 66.2 Å². The van der Waals surface area contributed by atoms with Crippen LogP contribution in [0.2, 0.25) is 0 Å². The summed E-state index contributed by atoms with van der Waals surface area (Å²) in [6, 6.07) is 19.1. The molecule has 2 aromatic rings. The molecule has 1 unspecified atom stereocenters. The Morgan fingerprint density at radius 1 is 0.903 bits per heavy atom. The van der Waals surface area contributed by atoms with Crippen LogP contribution in [-0.2, 0) is 20.9 Å². The normalized spacial score (nSPS) is 23.6. The highest BCUT2D eigenvalue weighted by Gasteiger charge is 2.52. The lowest BCUT2D eigenvalue weighted by atomic mass is 9.85. The number of anilines is 1. The van der Waals surface area contributed by atoms with Gasteiger partial charge in [-0.15, -0.1) is 0 Å². The molecule has 0 aliphatic carbocycles. The molecule has 3 heterocycles. The molecule has 1 N–H and O–H groups in total. The SMILES string of the molecule is O=C1CC(N2CCC3(CC2)C(=O)NCN3c2ccccc2)C(=O)N1Cc1ccccc1. The fourth-order valence-corrected chi connectivity index (χ4v) is 5.12. The topological polar surface area (TPSA) is 73.0 Å². The van der Waals surface area contributed by atoms with Gasteiger partial charge in [0, 0.05) is 18.8 Å². The van der Waals surface area contributed by atoms with Gasteiger partial charge in [-0.1, -0.05) is 48.5 Å². The number of imide groups is 1. The number of hydrogen-bond acceptors (Lipinski definition) is 5. The minimum Gasteiger partial charge on any atom is -0.339 e. The molecule has 31 heavy (non-hydrogen) atoms. The highest BCUT2D eigenvalue weighted by atomic mass is 16.2. The Balaban J connectivity index is 1.29. The van der Waals surface area contributed by atoms with Gasteiger partial charge in [0.25, 0.3) is 0 Å². The molecule has 7 nitrogen and oxygen atoms in total. The second kappa shape index (κ2) is 7.81. The van der Waals surface area contributed by atoms with Crippen LogP contribution >= 0.6 is 0 Å². The molecule has 2 aromatic carbocycles. The van der Waals surface area contributed by atoms with Crippen molar-refractivity contribution in [1.29, 1.82) is 0 Å². The fourth-order valence-electron chi connectivity index (χ4n) is 5.12. The summed E-state index contributed by atoms with van der Waals surface area (Å²) >= 11 is 0. The number of likely N-dealkylation sites (tertiary alicyclic amines) is 2. The number of nitrogens with one attached hydrogen (secondary N) is 1. The van der Waals surface area contributed by atoms with Crippen LogP contribution in [0.4, 0.5) is 5.69 Å². The van der Waals surface area contributed by atoms with Crippen molar-refractivity contribution in [1.82, 2.24) is 15.1 Å². The third-order valence-corrected chi connectivity index (χ3v) is 6.87. The zero-order valence-electron chi connectivity index (χ0n) is 17.4. The molecular weight excluding hydrogens is 392 g/mol. The van der Waals surface area contributed by atoms with E-state index in [0.717, 1.165) is 11.3 Å². The monoisotopic (exact) mass is 418 g/mol. The molecule has 3 amide bonds. The van der Waals surface area contributed by atoms with Crippen LogP contribution in [-0.4, -0.2) is 58.9 Å². The summed E-state index contributed by atoms with van der Waals surface area (Å²) in [5, 5.41) is 3.00. The van der Waals surface area contributed by atoms with Crippen molar-refractivity contribution < 1.29 is 14.4 Å². The number of carbonyl (C=O) groups excluding carboxylic acids is 3. The third-order valence-electron chi connectivity index (χ3n) is 6.87. The lowest BCUT2D eigenvalue weighted by Gasteiger charge is -2.44. The Kier molecular flexibility index (Phi) is 4.98. The lowest BCUT2D eigenvalue weighted by molar-refractivity contribution is -0.140. The number of benzene rings is 2. The number of carbonyl (C=O) groups is 3. The maximum Gasteiger partial charge on any atom is 0.247 e. The van der Waals surface area contributed by atoms with Crippen LogP contribution < -0.4 is 10.2 Å². The molecule has 1 atom stereocenters. The van der Waals surface area contributed by atoms with Crippen LogP contribution in [0.1, 0.15) is 24.8 Å². The number of rotatable bonds is 4. The molecule has 0 saturated carbocycles. The highest BCUT2D eigenvalue weighted by Crippen LogP contribution is 2.37.